The van der Waals surface area contributed by atoms with Crippen LogP contribution in [-0.2, 0) is 35.7 Å². The minimum absolute atomic E-state index is 0.00868. The zero-order valence-corrected chi connectivity index (χ0v) is 38.9. The summed E-state index contributed by atoms with van der Waals surface area (Å²) in [6, 6.07) is 12.2. The summed E-state index contributed by atoms with van der Waals surface area (Å²) in [6.07, 6.45) is 7.17. The highest BCUT2D eigenvalue weighted by Gasteiger charge is 2.34. The molecule has 2 aromatic carbocycles. The third kappa shape index (κ3) is 9.41. The molecule has 8 heterocycles. The molecular weight excluding hydrogens is 855 g/mol. The van der Waals surface area contributed by atoms with Crippen LogP contribution in [-0.4, -0.2) is 151 Å². The van der Waals surface area contributed by atoms with Crippen molar-refractivity contribution in [2.45, 2.75) is 77.7 Å². The Labute approximate surface area is 390 Å². The maximum atomic E-state index is 13.8. The fourth-order valence-corrected chi connectivity index (χ4v) is 11.7. The Morgan fingerprint density at radius 1 is 0.788 bits per heavy atom. The maximum Gasteiger partial charge on any atom is 0.258 e. The van der Waals surface area contributed by atoms with E-state index in [1.807, 2.05) is 13.8 Å². The average molecular weight is 916 g/mol. The van der Waals surface area contributed by atoms with E-state index in [0.717, 1.165) is 137 Å². The SMILES string of the molecule is CC(C)c1cc(C(=O)N2Cc3ccc(CN4CCN(C5CCN(C(=O)C6CCN(Cc7cc8nc(-c9cnc(N)nc9)nc(N9CCOCC9)c8s7)CC6)CC5)CC4)cc3C2)c(O)cc1O. The molecule has 4 fully saturated rings. The number of phenols is 2. The summed E-state index contributed by atoms with van der Waals surface area (Å²) in [4.78, 5) is 60.7. The normalized spacial score (nSPS) is 19.6. The van der Waals surface area contributed by atoms with E-state index in [4.69, 9.17) is 20.4 Å². The fraction of sp³-hybridized carbons (Fsp3) is 0.510. The summed E-state index contributed by atoms with van der Waals surface area (Å²) in [5.74, 6) is 1.77. The molecule has 66 heavy (non-hydrogen) atoms. The van der Waals surface area contributed by atoms with Gasteiger partial charge in [0.2, 0.25) is 11.9 Å². The van der Waals surface area contributed by atoms with Gasteiger partial charge in [-0.1, -0.05) is 32.0 Å². The first-order valence-electron chi connectivity index (χ1n) is 23.7. The molecule has 0 unspecified atom stereocenters. The molecular formula is C49H61N11O5S. The number of hydrogen-bond donors (Lipinski definition) is 3. The second-order valence-corrected chi connectivity index (χ2v) is 20.1. The number of aromatic hydroxyl groups is 2. The first kappa shape index (κ1) is 44.4. The molecule has 0 radical (unpaired) electrons. The Morgan fingerprint density at radius 3 is 2.23 bits per heavy atom. The number of morpholine rings is 1. The van der Waals surface area contributed by atoms with Crippen molar-refractivity contribution in [1.82, 2.24) is 44.4 Å². The van der Waals surface area contributed by atoms with E-state index in [1.165, 1.54) is 16.5 Å². The Morgan fingerprint density at radius 2 is 1.50 bits per heavy atom. The van der Waals surface area contributed by atoms with Crippen molar-refractivity contribution in [3.05, 3.63) is 81.5 Å². The van der Waals surface area contributed by atoms with Crippen LogP contribution in [0.25, 0.3) is 21.6 Å². The van der Waals surface area contributed by atoms with Crippen LogP contribution >= 0.6 is 11.3 Å². The van der Waals surface area contributed by atoms with Crippen molar-refractivity contribution in [2.24, 2.45) is 5.92 Å². The predicted molar refractivity (Wildman–Crippen MR) is 254 cm³/mol. The molecule has 0 spiro atoms. The molecule has 4 saturated heterocycles. The number of anilines is 2. The molecule has 0 atom stereocenters. The first-order chi connectivity index (χ1) is 32.0. The van der Waals surface area contributed by atoms with Crippen molar-refractivity contribution in [1.29, 1.82) is 0 Å². The van der Waals surface area contributed by atoms with E-state index in [-0.39, 0.29) is 40.8 Å². The van der Waals surface area contributed by atoms with E-state index in [1.54, 1.807) is 34.7 Å². The Kier molecular flexibility index (Phi) is 12.8. The van der Waals surface area contributed by atoms with Crippen molar-refractivity contribution in [2.75, 3.05) is 89.3 Å². The molecule has 16 nitrogen and oxygen atoms in total. The lowest BCUT2D eigenvalue weighted by Gasteiger charge is -2.43. The highest BCUT2D eigenvalue weighted by molar-refractivity contribution is 7.19. The lowest BCUT2D eigenvalue weighted by atomic mass is 9.93. The number of carbonyl (C=O) groups excluding carboxylic acids is 2. The van der Waals surface area contributed by atoms with Crippen molar-refractivity contribution in [3.63, 3.8) is 0 Å². The van der Waals surface area contributed by atoms with E-state index < -0.39 is 0 Å². The number of ether oxygens (including phenoxy) is 1. The van der Waals surface area contributed by atoms with Gasteiger partial charge >= 0.3 is 0 Å². The van der Waals surface area contributed by atoms with Crippen LogP contribution in [0.5, 0.6) is 11.5 Å². The van der Waals surface area contributed by atoms with Gasteiger partial charge < -0.3 is 35.4 Å². The third-order valence-corrected chi connectivity index (χ3v) is 15.4. The minimum Gasteiger partial charge on any atom is -0.508 e. The molecule has 5 aliphatic rings. The van der Waals surface area contributed by atoms with Crippen LogP contribution < -0.4 is 10.6 Å². The molecule has 10 rings (SSSR count). The molecule has 348 valence electrons. The number of piperazine rings is 1. The largest absolute Gasteiger partial charge is 0.508 e. The number of aromatic nitrogens is 4. The van der Waals surface area contributed by atoms with Crippen LogP contribution in [0.3, 0.4) is 0 Å². The van der Waals surface area contributed by atoms with Gasteiger partial charge in [-0.2, -0.15) is 0 Å². The van der Waals surface area contributed by atoms with E-state index >= 15 is 0 Å². The van der Waals surface area contributed by atoms with Gasteiger partial charge in [0.05, 0.1) is 34.6 Å². The molecule has 3 aromatic heterocycles. The molecule has 2 amide bonds. The highest BCUT2D eigenvalue weighted by atomic mass is 32.1. The Bertz CT molecular complexity index is 2560. The van der Waals surface area contributed by atoms with Crippen LogP contribution in [0.1, 0.15) is 82.9 Å². The summed E-state index contributed by atoms with van der Waals surface area (Å²) in [6.45, 7) is 17.0. The number of phenolic OH excluding ortho intramolecular Hbond substituents is 2. The number of thiophene rings is 1. The van der Waals surface area contributed by atoms with Crippen molar-refractivity contribution in [3.8, 4) is 22.9 Å². The monoisotopic (exact) mass is 915 g/mol. The number of piperidine rings is 2. The minimum atomic E-state index is -0.225. The van der Waals surface area contributed by atoms with Gasteiger partial charge in [0.1, 0.15) is 11.5 Å². The van der Waals surface area contributed by atoms with E-state index in [0.29, 0.717) is 49.6 Å². The van der Waals surface area contributed by atoms with Gasteiger partial charge in [-0.05, 0) is 79.1 Å². The Hall–Kier alpha value is -5.46. The fourth-order valence-electron chi connectivity index (χ4n) is 10.5. The van der Waals surface area contributed by atoms with Crippen LogP contribution in [0.4, 0.5) is 11.8 Å². The van der Waals surface area contributed by atoms with Gasteiger partial charge in [0.25, 0.3) is 5.91 Å². The van der Waals surface area contributed by atoms with Gasteiger partial charge in [-0.15, -0.1) is 11.3 Å². The number of benzene rings is 2. The standard InChI is InChI=1S/C49H61N11O5S/c1-31(2)39-23-40(43(62)24-42(39)61)48(64)60-28-34-4-3-32(21-35(34)29-60)27-56-13-15-57(16-14-56)37-7-11-59(12-8-37)47(63)33-5-9-55(10-6-33)30-38-22-41-44(66-38)46(58-17-19-65-20-18-58)54-45(53-41)36-25-51-49(50)52-26-36/h3-4,21-26,31,33,37,61-62H,5-20,27-30H2,1-2H3,(H2,50,51,52). The third-order valence-electron chi connectivity index (χ3n) is 14.3. The highest BCUT2D eigenvalue weighted by Crippen LogP contribution is 2.37. The molecule has 17 heteroatoms. The smallest absolute Gasteiger partial charge is 0.258 e. The topological polar surface area (TPSA) is 181 Å². The number of carbonyl (C=O) groups is 2. The number of likely N-dealkylation sites (tertiary alicyclic amines) is 2. The summed E-state index contributed by atoms with van der Waals surface area (Å²) in [7, 11) is 0. The molecule has 0 bridgehead atoms. The predicted octanol–water partition coefficient (Wildman–Crippen LogP) is 5.28. The number of fused-ring (bicyclic) bond motifs is 2. The van der Waals surface area contributed by atoms with Gasteiger partial charge in [-0.3, -0.25) is 24.3 Å². The van der Waals surface area contributed by atoms with Crippen molar-refractivity contribution >= 4 is 45.1 Å². The summed E-state index contributed by atoms with van der Waals surface area (Å²) in [5.41, 5.74) is 11.8. The maximum absolute atomic E-state index is 13.8. The van der Waals surface area contributed by atoms with Crippen LogP contribution in [0, 0.1) is 5.92 Å². The lowest BCUT2D eigenvalue weighted by molar-refractivity contribution is -0.138. The number of hydrogen-bond acceptors (Lipinski definition) is 15. The van der Waals surface area contributed by atoms with Crippen LogP contribution in [0.15, 0.2) is 48.8 Å². The second kappa shape index (κ2) is 19.0. The van der Waals surface area contributed by atoms with Gasteiger partial charge in [-0.25, -0.2) is 19.9 Å². The second-order valence-electron chi connectivity index (χ2n) is 19.0. The number of nitrogen functional groups attached to an aromatic ring is 1. The summed E-state index contributed by atoms with van der Waals surface area (Å²) >= 11 is 1.76. The Balaban J connectivity index is 0.672. The first-order valence-corrected chi connectivity index (χ1v) is 24.5. The summed E-state index contributed by atoms with van der Waals surface area (Å²) < 4.78 is 6.73. The zero-order valence-electron chi connectivity index (χ0n) is 38.1. The van der Waals surface area contributed by atoms with Crippen molar-refractivity contribution < 1.29 is 24.5 Å². The molecule has 5 aliphatic heterocycles. The number of nitrogens with zero attached hydrogens (tertiary/aromatic N) is 10. The lowest BCUT2D eigenvalue weighted by Crippen LogP contribution is -2.54. The average Bonchev–Trinajstić information content (AvgIpc) is 3.96. The van der Waals surface area contributed by atoms with E-state index in [9.17, 15) is 19.8 Å². The molecule has 0 aliphatic carbocycles. The number of rotatable bonds is 10. The number of amides is 2. The van der Waals surface area contributed by atoms with Gasteiger partial charge in [0.15, 0.2) is 11.6 Å². The summed E-state index contributed by atoms with van der Waals surface area (Å²) in [5, 5.41) is 20.8. The molecule has 5 aromatic rings. The van der Waals surface area contributed by atoms with E-state index in [2.05, 4.69) is 58.7 Å². The molecule has 0 saturated carbocycles. The van der Waals surface area contributed by atoms with Crippen LogP contribution in [0.2, 0.25) is 0 Å². The molecule has 4 N–H and O–H groups in total. The quantitative estimate of drug-likeness (QED) is 0.165. The zero-order chi connectivity index (χ0) is 45.5. The van der Waals surface area contributed by atoms with Gasteiger partial charge in [0, 0.05) is 114 Å². The number of nitrogens with two attached hydrogens (primary N) is 1.